The van der Waals surface area contributed by atoms with E-state index in [0.29, 0.717) is 18.2 Å². The van der Waals surface area contributed by atoms with Gasteiger partial charge in [0.2, 0.25) is 0 Å². The van der Waals surface area contributed by atoms with Gasteiger partial charge in [-0.15, -0.1) is 0 Å². The van der Waals surface area contributed by atoms with Gasteiger partial charge in [-0.3, -0.25) is 4.79 Å². The van der Waals surface area contributed by atoms with Crippen molar-refractivity contribution in [2.75, 3.05) is 7.11 Å². The van der Waals surface area contributed by atoms with Gasteiger partial charge in [-0.1, -0.05) is 32.6 Å². The number of hydrogen-bond acceptors (Lipinski definition) is 3. The minimum Gasteiger partial charge on any atom is -0.497 e. The number of carbonyl (C=O) groups excluding carboxylic acids is 1. The predicted octanol–water partition coefficient (Wildman–Crippen LogP) is 3.69. The highest BCUT2D eigenvalue weighted by molar-refractivity contribution is 5.81. The summed E-state index contributed by atoms with van der Waals surface area (Å²) >= 11 is 0. The summed E-state index contributed by atoms with van der Waals surface area (Å²) in [5, 5.41) is 3.16. The van der Waals surface area contributed by atoms with Crippen LogP contribution in [0.25, 0.3) is 0 Å². The molecule has 1 aromatic carbocycles. The SMILES string of the molecule is CC[C@H](Oc1ccc(OC)cc1)C(=O)NC1CCCCCC1. The van der Waals surface area contributed by atoms with Gasteiger partial charge in [-0.25, -0.2) is 0 Å². The molecule has 1 fully saturated rings. The van der Waals surface area contributed by atoms with Crippen molar-refractivity contribution in [2.24, 2.45) is 0 Å². The molecule has 1 atom stereocenters. The number of ether oxygens (including phenoxy) is 2. The van der Waals surface area contributed by atoms with Gasteiger partial charge in [0, 0.05) is 6.04 Å². The van der Waals surface area contributed by atoms with Gasteiger partial charge in [0.05, 0.1) is 7.11 Å². The Hall–Kier alpha value is -1.71. The second-order valence-corrected chi connectivity index (χ2v) is 5.89. The number of rotatable bonds is 6. The fraction of sp³-hybridized carbons (Fsp3) is 0.611. The molecule has 1 aliphatic rings. The van der Waals surface area contributed by atoms with E-state index in [2.05, 4.69) is 5.32 Å². The first-order valence-electron chi connectivity index (χ1n) is 8.34. The van der Waals surface area contributed by atoms with Gasteiger partial charge < -0.3 is 14.8 Å². The Morgan fingerprint density at radius 3 is 2.27 bits per heavy atom. The summed E-state index contributed by atoms with van der Waals surface area (Å²) in [7, 11) is 1.63. The molecule has 1 N–H and O–H groups in total. The molecule has 0 unspecified atom stereocenters. The Kier molecular flexibility index (Phi) is 6.56. The quantitative estimate of drug-likeness (QED) is 0.815. The fourth-order valence-electron chi connectivity index (χ4n) is 2.86. The highest BCUT2D eigenvalue weighted by Gasteiger charge is 2.22. The molecule has 0 spiro atoms. The minimum atomic E-state index is -0.434. The summed E-state index contributed by atoms with van der Waals surface area (Å²) in [6, 6.07) is 7.65. The monoisotopic (exact) mass is 305 g/mol. The van der Waals surface area contributed by atoms with Gasteiger partial charge in [0.1, 0.15) is 11.5 Å². The van der Waals surface area contributed by atoms with E-state index in [1.54, 1.807) is 7.11 Å². The highest BCUT2D eigenvalue weighted by Crippen LogP contribution is 2.20. The first-order chi connectivity index (χ1) is 10.7. The van der Waals surface area contributed by atoms with Crippen molar-refractivity contribution in [1.82, 2.24) is 5.32 Å². The van der Waals surface area contributed by atoms with Crippen molar-refractivity contribution < 1.29 is 14.3 Å². The first kappa shape index (κ1) is 16.7. The van der Waals surface area contributed by atoms with Crippen molar-refractivity contribution in [3.8, 4) is 11.5 Å². The molecule has 0 heterocycles. The van der Waals surface area contributed by atoms with Crippen LogP contribution < -0.4 is 14.8 Å². The number of nitrogens with one attached hydrogen (secondary N) is 1. The van der Waals surface area contributed by atoms with Crippen LogP contribution in [0.5, 0.6) is 11.5 Å². The van der Waals surface area contributed by atoms with Crippen LogP contribution in [0, 0.1) is 0 Å². The number of hydrogen-bond donors (Lipinski definition) is 1. The lowest BCUT2D eigenvalue weighted by Gasteiger charge is -2.22. The highest BCUT2D eigenvalue weighted by atomic mass is 16.5. The number of benzene rings is 1. The lowest BCUT2D eigenvalue weighted by Crippen LogP contribution is -2.43. The van der Waals surface area contributed by atoms with E-state index in [1.807, 2.05) is 31.2 Å². The van der Waals surface area contributed by atoms with Crippen molar-refractivity contribution in [3.63, 3.8) is 0 Å². The first-order valence-corrected chi connectivity index (χ1v) is 8.34. The van der Waals surface area contributed by atoms with Gasteiger partial charge >= 0.3 is 0 Å². The van der Waals surface area contributed by atoms with Gasteiger partial charge in [-0.2, -0.15) is 0 Å². The van der Waals surface area contributed by atoms with Gasteiger partial charge in [-0.05, 0) is 43.5 Å². The zero-order valence-corrected chi connectivity index (χ0v) is 13.6. The van der Waals surface area contributed by atoms with E-state index in [-0.39, 0.29) is 5.91 Å². The molecular formula is C18H27NO3. The molecule has 1 saturated carbocycles. The molecule has 1 aliphatic carbocycles. The van der Waals surface area contributed by atoms with Crippen LogP contribution in [0.2, 0.25) is 0 Å². The van der Waals surface area contributed by atoms with E-state index in [1.165, 1.54) is 25.7 Å². The van der Waals surface area contributed by atoms with Crippen LogP contribution >= 0.6 is 0 Å². The Balaban J connectivity index is 1.89. The summed E-state index contributed by atoms with van der Waals surface area (Å²) in [5.74, 6) is 1.48. The fourth-order valence-corrected chi connectivity index (χ4v) is 2.86. The molecular weight excluding hydrogens is 278 g/mol. The molecule has 0 aliphatic heterocycles. The lowest BCUT2D eigenvalue weighted by molar-refractivity contribution is -0.128. The molecule has 2 rings (SSSR count). The van der Waals surface area contributed by atoms with Crippen LogP contribution in [0.4, 0.5) is 0 Å². The number of methoxy groups -OCH3 is 1. The van der Waals surface area contributed by atoms with E-state index in [9.17, 15) is 4.79 Å². The van der Waals surface area contributed by atoms with E-state index < -0.39 is 6.10 Å². The summed E-state index contributed by atoms with van der Waals surface area (Å²) in [4.78, 5) is 12.4. The molecule has 122 valence electrons. The molecule has 0 aromatic heterocycles. The maximum Gasteiger partial charge on any atom is 0.261 e. The number of carbonyl (C=O) groups is 1. The zero-order chi connectivity index (χ0) is 15.8. The molecule has 1 aromatic rings. The molecule has 0 saturated heterocycles. The third-order valence-electron chi connectivity index (χ3n) is 4.20. The van der Waals surface area contributed by atoms with E-state index in [4.69, 9.17) is 9.47 Å². The molecule has 1 amide bonds. The van der Waals surface area contributed by atoms with Gasteiger partial charge in [0.25, 0.3) is 5.91 Å². The Morgan fingerprint density at radius 2 is 1.73 bits per heavy atom. The summed E-state index contributed by atoms with van der Waals surface area (Å²) < 4.78 is 11.0. The van der Waals surface area contributed by atoms with Crippen LogP contribution in [0.15, 0.2) is 24.3 Å². The Labute approximate surface area is 133 Å². The van der Waals surface area contributed by atoms with E-state index in [0.717, 1.165) is 18.6 Å². The van der Waals surface area contributed by atoms with Crippen molar-refractivity contribution in [1.29, 1.82) is 0 Å². The largest absolute Gasteiger partial charge is 0.497 e. The topological polar surface area (TPSA) is 47.6 Å². The molecule has 0 bridgehead atoms. The summed E-state index contributed by atoms with van der Waals surface area (Å²) in [6.45, 7) is 1.97. The maximum absolute atomic E-state index is 12.4. The lowest BCUT2D eigenvalue weighted by atomic mass is 10.1. The average Bonchev–Trinajstić information content (AvgIpc) is 2.81. The summed E-state index contributed by atoms with van der Waals surface area (Å²) in [5.41, 5.74) is 0. The molecule has 4 nitrogen and oxygen atoms in total. The third-order valence-corrected chi connectivity index (χ3v) is 4.20. The number of amides is 1. The summed E-state index contributed by atoms with van der Waals surface area (Å²) in [6.07, 6.45) is 7.39. The normalized spacial score (nSPS) is 17.4. The van der Waals surface area contributed by atoms with Gasteiger partial charge in [0.15, 0.2) is 6.10 Å². The Bertz CT molecular complexity index is 450. The van der Waals surface area contributed by atoms with Crippen LogP contribution in [-0.4, -0.2) is 25.2 Å². The standard InChI is InChI=1S/C18H27NO3/c1-3-17(22-16-12-10-15(21-2)11-13-16)18(20)19-14-8-6-4-5-7-9-14/h10-14,17H,3-9H2,1-2H3,(H,19,20)/t17-/m0/s1. The average molecular weight is 305 g/mol. The van der Waals surface area contributed by atoms with Crippen LogP contribution in [0.3, 0.4) is 0 Å². The minimum absolute atomic E-state index is 0.00483. The second kappa shape index (κ2) is 8.66. The van der Waals surface area contributed by atoms with Crippen molar-refractivity contribution in [3.05, 3.63) is 24.3 Å². The van der Waals surface area contributed by atoms with Crippen LogP contribution in [-0.2, 0) is 4.79 Å². The Morgan fingerprint density at radius 1 is 1.14 bits per heavy atom. The molecule has 22 heavy (non-hydrogen) atoms. The molecule has 0 radical (unpaired) electrons. The van der Waals surface area contributed by atoms with Crippen LogP contribution in [0.1, 0.15) is 51.9 Å². The van der Waals surface area contributed by atoms with E-state index >= 15 is 0 Å². The predicted molar refractivity (Wildman–Crippen MR) is 87.3 cm³/mol. The van der Waals surface area contributed by atoms with Crippen molar-refractivity contribution in [2.45, 2.75) is 64.0 Å². The third kappa shape index (κ3) is 4.93. The van der Waals surface area contributed by atoms with Crippen molar-refractivity contribution >= 4 is 5.91 Å². The smallest absolute Gasteiger partial charge is 0.261 e. The second-order valence-electron chi connectivity index (χ2n) is 5.89. The molecule has 4 heteroatoms. The maximum atomic E-state index is 12.4. The zero-order valence-electron chi connectivity index (χ0n) is 13.6.